The highest BCUT2D eigenvalue weighted by Gasteiger charge is 2.41. The normalized spacial score (nSPS) is 15.6. The molecule has 0 atom stereocenters. The number of benzene rings is 5. The lowest BCUT2D eigenvalue weighted by Gasteiger charge is -2.27. The van der Waals surface area contributed by atoms with Gasteiger partial charge >= 0.3 is 0 Å². The van der Waals surface area contributed by atoms with Crippen LogP contribution in [0.3, 0.4) is 0 Å². The van der Waals surface area contributed by atoms with Gasteiger partial charge in [0.1, 0.15) is 21.4 Å². The van der Waals surface area contributed by atoms with Crippen molar-refractivity contribution in [3.63, 3.8) is 0 Å². The Morgan fingerprint density at radius 3 is 1.62 bits per heavy atom. The molecule has 0 unspecified atom stereocenters. The topological polar surface area (TPSA) is 133 Å². The van der Waals surface area contributed by atoms with Gasteiger partial charge in [-0.2, -0.15) is 16.8 Å². The Bertz CT molecular complexity index is 2800. The number of halogens is 2. The Labute approximate surface area is 285 Å². The fraction of sp³-hybridized carbons (Fsp3) is 0.0513. The van der Waals surface area contributed by atoms with Crippen LogP contribution in [-0.2, 0) is 33.1 Å². The van der Waals surface area contributed by atoms with Crippen molar-refractivity contribution in [3.05, 3.63) is 153 Å². The molecule has 9 rings (SSSR count). The molecule has 3 N–H and O–H groups in total. The first-order valence-corrected chi connectivity index (χ1v) is 18.4. The first kappa shape index (κ1) is 30.7. The molecule has 0 saturated heterocycles. The maximum absolute atomic E-state index is 16.3. The van der Waals surface area contributed by atoms with Crippen LogP contribution in [-0.4, -0.2) is 31.7 Å². The van der Waals surface area contributed by atoms with E-state index in [2.05, 4.69) is 0 Å². The number of allylic oxidation sites excluding steroid dienone is 5. The first-order valence-electron chi connectivity index (χ1n) is 15.5. The van der Waals surface area contributed by atoms with Crippen molar-refractivity contribution in [1.82, 2.24) is 0 Å². The van der Waals surface area contributed by atoms with E-state index in [9.17, 15) is 31.4 Å². The third-order valence-electron chi connectivity index (χ3n) is 9.99. The molecule has 7 nitrogen and oxygen atoms in total. The molecule has 4 aliphatic rings. The molecule has 0 spiro atoms. The maximum Gasteiger partial charge on any atom is 0.298 e. The van der Waals surface area contributed by atoms with Crippen LogP contribution < -0.4 is 0 Å². The summed E-state index contributed by atoms with van der Waals surface area (Å²) < 4.78 is 106. The smallest absolute Gasteiger partial charge is 0.298 e. The number of nitrogens with one attached hydrogen (secondary N) is 1. The van der Waals surface area contributed by atoms with Crippen LogP contribution in [0.2, 0.25) is 0 Å². The summed E-state index contributed by atoms with van der Waals surface area (Å²) in [6.07, 6.45) is 3.48. The van der Waals surface area contributed by atoms with E-state index in [0.29, 0.717) is 44.5 Å². The molecule has 0 radical (unpaired) electrons. The van der Waals surface area contributed by atoms with Crippen LogP contribution in [0.4, 0.5) is 8.78 Å². The van der Waals surface area contributed by atoms with Crippen molar-refractivity contribution >= 4 is 48.7 Å². The molecule has 5 aromatic rings. The Kier molecular flexibility index (Phi) is 6.35. The molecule has 0 fully saturated rings. The van der Waals surface area contributed by atoms with E-state index >= 15 is 8.78 Å². The predicted molar refractivity (Wildman–Crippen MR) is 186 cm³/mol. The molecule has 0 aromatic heterocycles. The average molecular weight is 704 g/mol. The second kappa shape index (κ2) is 10.3. The Balaban J connectivity index is 1.50. The average Bonchev–Trinajstić information content (AvgIpc) is 3.74. The quantitative estimate of drug-likeness (QED) is 0.159. The van der Waals surface area contributed by atoms with Crippen LogP contribution in [0.25, 0.3) is 45.0 Å². The third-order valence-corrected chi connectivity index (χ3v) is 11.8. The summed E-state index contributed by atoms with van der Waals surface area (Å²) in [6.45, 7) is 0. The zero-order valence-electron chi connectivity index (χ0n) is 25.8. The molecule has 246 valence electrons. The summed E-state index contributed by atoms with van der Waals surface area (Å²) in [6, 6.07) is 23.5. The fourth-order valence-corrected chi connectivity index (χ4v) is 9.63. The number of rotatable bonds is 4. The van der Waals surface area contributed by atoms with Crippen LogP contribution in [0.15, 0.2) is 106 Å². The fourth-order valence-electron chi connectivity index (χ4n) is 8.05. The Morgan fingerprint density at radius 1 is 0.580 bits per heavy atom. The molecule has 4 aliphatic carbocycles. The van der Waals surface area contributed by atoms with E-state index in [1.807, 2.05) is 12.1 Å². The molecule has 0 aliphatic heterocycles. The number of hydrogen-bond acceptors (Lipinski definition) is 5. The van der Waals surface area contributed by atoms with E-state index in [0.717, 1.165) is 28.8 Å². The minimum atomic E-state index is -5.32. The van der Waals surface area contributed by atoms with Crippen molar-refractivity contribution in [1.29, 1.82) is 5.41 Å². The van der Waals surface area contributed by atoms with Gasteiger partial charge in [0.2, 0.25) is 0 Å². The van der Waals surface area contributed by atoms with Crippen LogP contribution >= 0.6 is 0 Å². The van der Waals surface area contributed by atoms with Gasteiger partial charge in [0.25, 0.3) is 20.2 Å². The van der Waals surface area contributed by atoms with Gasteiger partial charge in [0, 0.05) is 22.3 Å². The highest BCUT2D eigenvalue weighted by atomic mass is 32.2. The van der Waals surface area contributed by atoms with E-state index in [1.165, 1.54) is 0 Å². The lowest BCUT2D eigenvalue weighted by molar-refractivity contribution is 0.470. The summed E-state index contributed by atoms with van der Waals surface area (Å²) in [4.78, 5) is -2.14. The van der Waals surface area contributed by atoms with Gasteiger partial charge in [-0.3, -0.25) is 14.5 Å². The molecule has 0 saturated carbocycles. The predicted octanol–water partition coefficient (Wildman–Crippen LogP) is 8.03. The number of hydrogen-bond donors (Lipinski definition) is 3. The standard InChI is InChI=1S/C39H23F2NO6S2/c40-32-17-26-23-11-5-1-7-19(23)13-28(26)34(38(32)49(43,44)45)31-16-25-22-10-4-3-9-21(22)15-30(25)37(42)35(31)36-29-14-20-8-2-6-12-24(20)27(29)18-33(41)39(36)50(46,47)48/h1-12,15-18,42H,13-14H2,(H,43,44,45)(H,46,47,48). The van der Waals surface area contributed by atoms with Crippen LogP contribution in [0.5, 0.6) is 0 Å². The molecule has 0 heterocycles. The van der Waals surface area contributed by atoms with Crippen LogP contribution in [0, 0.1) is 17.0 Å². The van der Waals surface area contributed by atoms with Crippen molar-refractivity contribution < 1.29 is 34.7 Å². The van der Waals surface area contributed by atoms with E-state index in [4.69, 9.17) is 0 Å². The lowest BCUT2D eigenvalue weighted by atomic mass is 9.77. The Morgan fingerprint density at radius 2 is 1.06 bits per heavy atom. The van der Waals surface area contributed by atoms with E-state index in [-0.39, 0.29) is 46.4 Å². The van der Waals surface area contributed by atoms with Gasteiger partial charge in [-0.25, -0.2) is 8.78 Å². The second-order valence-electron chi connectivity index (χ2n) is 12.7. The molecular weight excluding hydrogens is 681 g/mol. The van der Waals surface area contributed by atoms with E-state index in [1.54, 1.807) is 72.8 Å². The van der Waals surface area contributed by atoms with Gasteiger partial charge in [-0.15, -0.1) is 0 Å². The molecule has 50 heavy (non-hydrogen) atoms. The highest BCUT2D eigenvalue weighted by Crippen LogP contribution is 2.54. The SMILES string of the molecule is N=C1C2=Cc3ccccc3C2=CC(c2c3c(cc(F)c2S(=O)(=O)O)-c2ccccc2C3)=C1c1c2c(cc(F)c1S(=O)(=O)O)-c1ccccc1C2. The summed E-state index contributed by atoms with van der Waals surface area (Å²) in [5.41, 5.74) is 5.04. The van der Waals surface area contributed by atoms with Crippen molar-refractivity contribution in [2.45, 2.75) is 22.6 Å². The first-order chi connectivity index (χ1) is 23.8. The molecule has 11 heteroatoms. The molecular formula is C39H23F2NO6S2. The van der Waals surface area contributed by atoms with Crippen molar-refractivity contribution in [2.75, 3.05) is 0 Å². The van der Waals surface area contributed by atoms with Gasteiger partial charge in [0.15, 0.2) is 0 Å². The summed E-state index contributed by atoms with van der Waals surface area (Å²) >= 11 is 0. The highest BCUT2D eigenvalue weighted by molar-refractivity contribution is 7.86. The third kappa shape index (κ3) is 4.27. The zero-order chi connectivity index (χ0) is 34.9. The largest absolute Gasteiger partial charge is 0.300 e. The van der Waals surface area contributed by atoms with Crippen LogP contribution in [0.1, 0.15) is 44.5 Å². The van der Waals surface area contributed by atoms with Gasteiger partial charge in [-0.05, 0) is 104 Å². The maximum atomic E-state index is 16.3. The zero-order valence-corrected chi connectivity index (χ0v) is 27.4. The van der Waals surface area contributed by atoms with Gasteiger partial charge < -0.3 is 0 Å². The van der Waals surface area contributed by atoms with Gasteiger partial charge in [0.05, 0.1) is 5.71 Å². The van der Waals surface area contributed by atoms with Crippen molar-refractivity contribution in [3.8, 4) is 22.3 Å². The Hall–Kier alpha value is -5.33. The van der Waals surface area contributed by atoms with Gasteiger partial charge in [-0.1, -0.05) is 72.8 Å². The summed E-state index contributed by atoms with van der Waals surface area (Å²) in [5.74, 6) is -2.53. The second-order valence-corrected chi connectivity index (χ2v) is 15.4. The molecule has 0 amide bonds. The molecule has 5 aromatic carbocycles. The minimum absolute atomic E-state index is 0.0986. The molecule has 0 bridgehead atoms. The van der Waals surface area contributed by atoms with E-state index < -0.39 is 41.7 Å². The van der Waals surface area contributed by atoms with Crippen molar-refractivity contribution in [2.24, 2.45) is 0 Å². The minimum Gasteiger partial charge on any atom is -0.300 e. The summed E-state index contributed by atoms with van der Waals surface area (Å²) in [7, 11) is -10.6. The monoisotopic (exact) mass is 703 g/mol. The number of fused-ring (bicyclic) bond motifs is 9. The summed E-state index contributed by atoms with van der Waals surface area (Å²) in [5, 5.41) is 9.70. The lowest BCUT2D eigenvalue weighted by Crippen LogP contribution is -2.19.